The minimum absolute atomic E-state index is 0.0157. The normalized spacial score (nSPS) is 15.4. The predicted molar refractivity (Wildman–Crippen MR) is 83.2 cm³/mol. The van der Waals surface area contributed by atoms with Gasteiger partial charge in [0.05, 0.1) is 4.92 Å². The summed E-state index contributed by atoms with van der Waals surface area (Å²) >= 11 is 0. The van der Waals surface area contributed by atoms with Crippen LogP contribution >= 0.6 is 0 Å². The Balaban J connectivity index is 1.56. The minimum Gasteiger partial charge on any atom is -0.490 e. The Morgan fingerprint density at radius 3 is 2.65 bits per heavy atom. The van der Waals surface area contributed by atoms with Gasteiger partial charge < -0.3 is 9.64 Å². The zero-order chi connectivity index (χ0) is 16.2. The number of pyridine rings is 1. The summed E-state index contributed by atoms with van der Waals surface area (Å²) in [5, 5.41) is 10.6. The van der Waals surface area contributed by atoms with Crippen molar-refractivity contribution in [2.45, 2.75) is 18.9 Å². The quantitative estimate of drug-likeness (QED) is 0.640. The Labute approximate surface area is 132 Å². The maximum Gasteiger partial charge on any atom is 0.287 e. The zero-order valence-corrected chi connectivity index (χ0v) is 12.4. The third-order valence-corrected chi connectivity index (χ3v) is 3.81. The number of aromatic nitrogens is 1. The number of anilines is 1. The molecule has 0 atom stereocenters. The molecule has 3 rings (SSSR count). The number of halogens is 1. The van der Waals surface area contributed by atoms with E-state index in [4.69, 9.17) is 4.74 Å². The van der Waals surface area contributed by atoms with Gasteiger partial charge in [-0.1, -0.05) is 6.07 Å². The smallest absolute Gasteiger partial charge is 0.287 e. The maximum atomic E-state index is 13.1. The van der Waals surface area contributed by atoms with Gasteiger partial charge in [0.15, 0.2) is 0 Å². The van der Waals surface area contributed by atoms with E-state index in [1.165, 1.54) is 24.4 Å². The first-order valence-corrected chi connectivity index (χ1v) is 7.39. The molecule has 1 aliphatic rings. The van der Waals surface area contributed by atoms with Crippen LogP contribution in [0.1, 0.15) is 12.8 Å². The molecule has 0 aliphatic carbocycles. The number of rotatable bonds is 4. The molecule has 1 aliphatic heterocycles. The second kappa shape index (κ2) is 6.60. The maximum absolute atomic E-state index is 13.1. The fourth-order valence-electron chi connectivity index (χ4n) is 2.61. The van der Waals surface area contributed by atoms with Crippen LogP contribution in [0.25, 0.3) is 0 Å². The van der Waals surface area contributed by atoms with Crippen LogP contribution < -0.4 is 9.64 Å². The average Bonchev–Trinajstić information content (AvgIpc) is 2.56. The van der Waals surface area contributed by atoms with Crippen molar-refractivity contribution in [2.75, 3.05) is 18.0 Å². The number of ether oxygens (including phenoxy) is 1. The van der Waals surface area contributed by atoms with Crippen LogP contribution in [0, 0.1) is 15.9 Å². The molecule has 2 aromatic rings. The van der Waals surface area contributed by atoms with E-state index in [-0.39, 0.29) is 17.6 Å². The number of nitrogens with zero attached hydrogens (tertiary/aromatic N) is 3. The molecule has 1 aromatic heterocycles. The number of benzene rings is 1. The SMILES string of the molecule is O=[N+]([O-])c1ccc(N2CCC(Oc3cccc(F)c3)CC2)nc1. The number of hydrogen-bond acceptors (Lipinski definition) is 5. The van der Waals surface area contributed by atoms with E-state index in [9.17, 15) is 14.5 Å². The first kappa shape index (κ1) is 15.2. The van der Waals surface area contributed by atoms with Crippen LogP contribution in [-0.2, 0) is 0 Å². The van der Waals surface area contributed by atoms with Gasteiger partial charge in [-0.15, -0.1) is 0 Å². The lowest BCUT2D eigenvalue weighted by atomic mass is 10.1. The predicted octanol–water partition coefficient (Wildman–Crippen LogP) is 3.18. The molecular formula is C16H16FN3O3. The molecule has 0 bridgehead atoms. The van der Waals surface area contributed by atoms with Crippen molar-refractivity contribution in [3.63, 3.8) is 0 Å². The van der Waals surface area contributed by atoms with Crippen molar-refractivity contribution in [2.24, 2.45) is 0 Å². The second-order valence-electron chi connectivity index (χ2n) is 5.39. The average molecular weight is 317 g/mol. The summed E-state index contributed by atoms with van der Waals surface area (Å²) in [6.45, 7) is 1.48. The van der Waals surface area contributed by atoms with Crippen LogP contribution in [0.3, 0.4) is 0 Å². The fourth-order valence-corrected chi connectivity index (χ4v) is 2.61. The molecule has 0 saturated carbocycles. The molecule has 0 spiro atoms. The van der Waals surface area contributed by atoms with E-state index in [1.807, 2.05) is 0 Å². The van der Waals surface area contributed by atoms with Gasteiger partial charge in [-0.2, -0.15) is 0 Å². The minimum atomic E-state index is -0.462. The molecule has 0 radical (unpaired) electrons. The number of hydrogen-bond donors (Lipinski definition) is 0. The van der Waals surface area contributed by atoms with Crippen molar-refractivity contribution in [3.8, 4) is 5.75 Å². The Morgan fingerprint density at radius 1 is 1.26 bits per heavy atom. The van der Waals surface area contributed by atoms with E-state index in [2.05, 4.69) is 9.88 Å². The lowest BCUT2D eigenvalue weighted by molar-refractivity contribution is -0.385. The molecule has 120 valence electrons. The number of piperidine rings is 1. The van der Waals surface area contributed by atoms with E-state index in [0.717, 1.165) is 31.7 Å². The van der Waals surface area contributed by atoms with E-state index >= 15 is 0 Å². The van der Waals surface area contributed by atoms with Gasteiger partial charge in [0.1, 0.15) is 29.7 Å². The molecule has 2 heterocycles. The first-order valence-electron chi connectivity index (χ1n) is 7.39. The second-order valence-corrected chi connectivity index (χ2v) is 5.39. The molecule has 1 fully saturated rings. The summed E-state index contributed by atoms with van der Waals surface area (Å²) in [7, 11) is 0. The molecule has 6 nitrogen and oxygen atoms in total. The zero-order valence-electron chi connectivity index (χ0n) is 12.4. The van der Waals surface area contributed by atoms with Crippen LogP contribution in [0.15, 0.2) is 42.6 Å². The topological polar surface area (TPSA) is 68.5 Å². The first-order chi connectivity index (χ1) is 11.1. The van der Waals surface area contributed by atoms with Crippen LogP contribution in [0.4, 0.5) is 15.9 Å². The Bertz CT molecular complexity index is 685. The van der Waals surface area contributed by atoms with Crippen LogP contribution in [-0.4, -0.2) is 29.1 Å². The van der Waals surface area contributed by atoms with Gasteiger partial charge >= 0.3 is 0 Å². The van der Waals surface area contributed by atoms with E-state index in [0.29, 0.717) is 5.75 Å². The van der Waals surface area contributed by atoms with Gasteiger partial charge in [-0.3, -0.25) is 10.1 Å². The van der Waals surface area contributed by atoms with Crippen molar-refractivity contribution in [3.05, 3.63) is 58.5 Å². The molecule has 1 aromatic carbocycles. The molecule has 23 heavy (non-hydrogen) atoms. The summed E-state index contributed by atoms with van der Waals surface area (Å²) in [6.07, 6.45) is 2.88. The highest BCUT2D eigenvalue weighted by molar-refractivity contribution is 5.43. The highest BCUT2D eigenvalue weighted by atomic mass is 19.1. The van der Waals surface area contributed by atoms with Gasteiger partial charge in [0.25, 0.3) is 5.69 Å². The lowest BCUT2D eigenvalue weighted by Crippen LogP contribution is -2.38. The van der Waals surface area contributed by atoms with Gasteiger partial charge in [0.2, 0.25) is 0 Å². The third-order valence-electron chi connectivity index (χ3n) is 3.81. The molecule has 0 unspecified atom stereocenters. The van der Waals surface area contributed by atoms with E-state index in [1.54, 1.807) is 18.2 Å². The monoisotopic (exact) mass is 317 g/mol. The number of nitro groups is 1. The van der Waals surface area contributed by atoms with Crippen LogP contribution in [0.2, 0.25) is 0 Å². The summed E-state index contributed by atoms with van der Waals surface area (Å²) in [5.74, 6) is 0.951. The Kier molecular flexibility index (Phi) is 4.36. The van der Waals surface area contributed by atoms with Crippen LogP contribution in [0.5, 0.6) is 5.75 Å². The molecule has 1 saturated heterocycles. The van der Waals surface area contributed by atoms with Crippen molar-refractivity contribution in [1.29, 1.82) is 0 Å². The standard InChI is InChI=1S/C16H16FN3O3/c17-12-2-1-3-15(10-12)23-14-6-8-19(9-7-14)16-5-4-13(11-18-16)20(21)22/h1-5,10-11,14H,6-9H2. The highest BCUT2D eigenvalue weighted by Gasteiger charge is 2.22. The van der Waals surface area contributed by atoms with Gasteiger partial charge in [-0.05, 0) is 18.2 Å². The fraction of sp³-hybridized carbons (Fsp3) is 0.312. The molecular weight excluding hydrogens is 301 g/mol. The third kappa shape index (κ3) is 3.74. The van der Waals surface area contributed by atoms with Crippen molar-refractivity contribution in [1.82, 2.24) is 4.98 Å². The highest BCUT2D eigenvalue weighted by Crippen LogP contribution is 2.23. The van der Waals surface area contributed by atoms with E-state index < -0.39 is 4.92 Å². The Hall–Kier alpha value is -2.70. The van der Waals surface area contributed by atoms with Crippen molar-refractivity contribution < 1.29 is 14.1 Å². The summed E-state index contributed by atoms with van der Waals surface area (Å²) in [4.78, 5) is 16.4. The molecule has 0 amide bonds. The van der Waals surface area contributed by atoms with Gasteiger partial charge in [-0.25, -0.2) is 9.37 Å². The van der Waals surface area contributed by atoms with Gasteiger partial charge in [0, 0.05) is 38.1 Å². The largest absolute Gasteiger partial charge is 0.490 e. The summed E-state index contributed by atoms with van der Waals surface area (Å²) in [6, 6.07) is 9.25. The molecule has 7 heteroatoms. The van der Waals surface area contributed by atoms with Crippen molar-refractivity contribution >= 4 is 11.5 Å². The molecule has 0 N–H and O–H groups in total. The summed E-state index contributed by atoms with van der Waals surface area (Å²) in [5.41, 5.74) is -0.0157. The lowest BCUT2D eigenvalue weighted by Gasteiger charge is -2.32. The Morgan fingerprint density at radius 2 is 2.04 bits per heavy atom. The summed E-state index contributed by atoms with van der Waals surface area (Å²) < 4.78 is 18.9.